The van der Waals surface area contributed by atoms with E-state index in [0.29, 0.717) is 23.8 Å². The van der Waals surface area contributed by atoms with Gasteiger partial charge in [-0.05, 0) is 24.2 Å². The van der Waals surface area contributed by atoms with Crippen molar-refractivity contribution in [2.75, 3.05) is 18.1 Å². The number of hydrogen-bond donors (Lipinski definition) is 1. The number of hydrogen-bond acceptors (Lipinski definition) is 3. The third-order valence-electron chi connectivity index (χ3n) is 4.95. The highest BCUT2D eigenvalue weighted by atomic mass is 32.2. The fourth-order valence-corrected chi connectivity index (χ4v) is 5.09. The van der Waals surface area contributed by atoms with Crippen LogP contribution >= 0.6 is 11.8 Å². The van der Waals surface area contributed by atoms with Crippen LogP contribution in [0.3, 0.4) is 0 Å². The van der Waals surface area contributed by atoms with Crippen LogP contribution in [0.2, 0.25) is 0 Å². The lowest BCUT2D eigenvalue weighted by atomic mass is 9.69. The molecule has 0 radical (unpaired) electrons. The Morgan fingerprint density at radius 2 is 2.00 bits per heavy atom. The molecule has 1 heterocycles. The zero-order valence-corrected chi connectivity index (χ0v) is 13.9. The van der Waals surface area contributed by atoms with Gasteiger partial charge in [-0.2, -0.15) is 11.8 Å². The van der Waals surface area contributed by atoms with E-state index in [0.717, 1.165) is 18.1 Å². The molecule has 116 valence electrons. The van der Waals surface area contributed by atoms with Gasteiger partial charge in [0.1, 0.15) is 0 Å². The molecule has 1 N–H and O–H groups in total. The van der Waals surface area contributed by atoms with Crippen molar-refractivity contribution in [1.82, 2.24) is 4.90 Å². The van der Waals surface area contributed by atoms with Gasteiger partial charge in [-0.15, -0.1) is 0 Å². The maximum absolute atomic E-state index is 11.1. The van der Waals surface area contributed by atoms with Crippen LogP contribution in [0.4, 0.5) is 0 Å². The minimum Gasteiger partial charge on any atom is -0.481 e. The molecule has 1 saturated heterocycles. The molecule has 3 unspecified atom stereocenters. The van der Waals surface area contributed by atoms with E-state index in [1.54, 1.807) is 0 Å². The molecule has 3 atom stereocenters. The van der Waals surface area contributed by atoms with Gasteiger partial charge in [0.2, 0.25) is 0 Å². The van der Waals surface area contributed by atoms with Gasteiger partial charge in [-0.1, -0.05) is 33.6 Å². The second-order valence-corrected chi connectivity index (χ2v) is 8.54. The Labute approximate surface area is 127 Å². The molecule has 20 heavy (non-hydrogen) atoms. The number of nitrogens with zero attached hydrogens (tertiary/aromatic N) is 1. The minimum atomic E-state index is -0.648. The summed E-state index contributed by atoms with van der Waals surface area (Å²) in [7, 11) is 0. The lowest BCUT2D eigenvalue weighted by Gasteiger charge is -2.49. The van der Waals surface area contributed by atoms with Crippen molar-refractivity contribution in [2.24, 2.45) is 11.3 Å². The average molecular weight is 299 g/mol. The second-order valence-electron chi connectivity index (χ2n) is 7.39. The van der Waals surface area contributed by atoms with Gasteiger partial charge in [-0.25, -0.2) is 0 Å². The van der Waals surface area contributed by atoms with E-state index < -0.39 is 5.97 Å². The SMILES string of the molecule is CC(C)(C)C1CCCCC1N1CCSCC1CC(=O)O. The van der Waals surface area contributed by atoms with Crippen LogP contribution in [0.25, 0.3) is 0 Å². The first kappa shape index (κ1) is 16.2. The van der Waals surface area contributed by atoms with E-state index in [4.69, 9.17) is 0 Å². The summed E-state index contributed by atoms with van der Waals surface area (Å²) in [6.07, 6.45) is 5.51. The molecule has 2 rings (SSSR count). The van der Waals surface area contributed by atoms with E-state index in [2.05, 4.69) is 25.7 Å². The summed E-state index contributed by atoms with van der Waals surface area (Å²) in [5, 5.41) is 9.17. The molecule has 0 bridgehead atoms. The van der Waals surface area contributed by atoms with E-state index in [-0.39, 0.29) is 6.04 Å². The summed E-state index contributed by atoms with van der Waals surface area (Å²) < 4.78 is 0. The Hall–Kier alpha value is -0.220. The normalized spacial score (nSPS) is 33.0. The van der Waals surface area contributed by atoms with Crippen LogP contribution in [0.15, 0.2) is 0 Å². The third kappa shape index (κ3) is 3.91. The molecular weight excluding hydrogens is 270 g/mol. The van der Waals surface area contributed by atoms with Crippen LogP contribution in [-0.4, -0.2) is 46.1 Å². The van der Waals surface area contributed by atoms with Gasteiger partial charge < -0.3 is 5.11 Å². The van der Waals surface area contributed by atoms with Crippen LogP contribution in [0.1, 0.15) is 52.9 Å². The summed E-state index contributed by atoms with van der Waals surface area (Å²) in [6, 6.07) is 0.827. The van der Waals surface area contributed by atoms with Crippen LogP contribution in [0, 0.1) is 11.3 Å². The summed E-state index contributed by atoms with van der Waals surface area (Å²) >= 11 is 1.92. The highest BCUT2D eigenvalue weighted by Crippen LogP contribution is 2.42. The predicted octanol–water partition coefficient (Wildman–Crippen LogP) is 3.48. The zero-order chi connectivity index (χ0) is 14.8. The van der Waals surface area contributed by atoms with Gasteiger partial charge in [0.05, 0.1) is 6.42 Å². The Morgan fingerprint density at radius 3 is 2.65 bits per heavy atom. The maximum Gasteiger partial charge on any atom is 0.304 e. The quantitative estimate of drug-likeness (QED) is 0.866. The molecule has 2 fully saturated rings. The molecule has 4 heteroatoms. The molecule has 1 aliphatic heterocycles. The van der Waals surface area contributed by atoms with Crippen LogP contribution in [0.5, 0.6) is 0 Å². The van der Waals surface area contributed by atoms with E-state index in [1.807, 2.05) is 11.8 Å². The van der Waals surface area contributed by atoms with Crippen molar-refractivity contribution in [3.63, 3.8) is 0 Å². The monoisotopic (exact) mass is 299 g/mol. The number of carboxylic acids is 1. The standard InChI is InChI=1S/C16H29NO2S/c1-16(2,3)13-6-4-5-7-14(13)17-8-9-20-11-12(17)10-15(18)19/h12-14H,4-11H2,1-3H3,(H,18,19). The van der Waals surface area contributed by atoms with Crippen LogP contribution < -0.4 is 0 Å². The maximum atomic E-state index is 11.1. The highest BCUT2D eigenvalue weighted by molar-refractivity contribution is 7.99. The van der Waals surface area contributed by atoms with Gasteiger partial charge in [0, 0.05) is 30.1 Å². The number of thioether (sulfide) groups is 1. The van der Waals surface area contributed by atoms with Crippen molar-refractivity contribution in [2.45, 2.75) is 65.0 Å². The fourth-order valence-electron chi connectivity index (χ4n) is 4.00. The van der Waals surface area contributed by atoms with Crippen molar-refractivity contribution in [3.05, 3.63) is 0 Å². The molecule has 3 nitrogen and oxygen atoms in total. The van der Waals surface area contributed by atoms with Gasteiger partial charge in [0.25, 0.3) is 0 Å². The Kier molecular flexibility index (Phi) is 5.41. The molecular formula is C16H29NO2S. The fraction of sp³-hybridized carbons (Fsp3) is 0.938. The molecule has 2 aliphatic rings. The summed E-state index contributed by atoms with van der Waals surface area (Å²) in [5.74, 6) is 2.20. The first-order valence-electron chi connectivity index (χ1n) is 7.95. The van der Waals surface area contributed by atoms with E-state index in [1.165, 1.54) is 25.7 Å². The van der Waals surface area contributed by atoms with Gasteiger partial charge in [-0.3, -0.25) is 9.69 Å². The summed E-state index contributed by atoms with van der Waals surface area (Å²) in [6.45, 7) is 8.11. The third-order valence-corrected chi connectivity index (χ3v) is 6.04. The average Bonchev–Trinajstić information content (AvgIpc) is 2.38. The molecule has 0 aromatic heterocycles. The number of aliphatic carboxylic acids is 1. The molecule has 0 spiro atoms. The van der Waals surface area contributed by atoms with Crippen LogP contribution in [-0.2, 0) is 4.79 Å². The lowest BCUT2D eigenvalue weighted by molar-refractivity contribution is -0.138. The van der Waals surface area contributed by atoms with Gasteiger partial charge >= 0.3 is 5.97 Å². The Morgan fingerprint density at radius 1 is 1.30 bits per heavy atom. The summed E-state index contributed by atoms with van der Waals surface area (Å²) in [5.41, 5.74) is 0.323. The topological polar surface area (TPSA) is 40.5 Å². The Balaban J connectivity index is 2.13. The molecule has 1 aliphatic carbocycles. The summed E-state index contributed by atoms with van der Waals surface area (Å²) in [4.78, 5) is 13.7. The molecule has 0 aromatic carbocycles. The lowest BCUT2D eigenvalue weighted by Crippen LogP contribution is -2.54. The number of carboxylic acid groups (broad SMARTS) is 1. The molecule has 0 aromatic rings. The largest absolute Gasteiger partial charge is 0.481 e. The van der Waals surface area contributed by atoms with Gasteiger partial charge in [0.15, 0.2) is 0 Å². The molecule has 1 saturated carbocycles. The predicted molar refractivity (Wildman–Crippen MR) is 85.3 cm³/mol. The van der Waals surface area contributed by atoms with Crippen molar-refractivity contribution in [1.29, 1.82) is 0 Å². The second kappa shape index (κ2) is 6.69. The first-order valence-corrected chi connectivity index (χ1v) is 9.10. The van der Waals surface area contributed by atoms with E-state index >= 15 is 0 Å². The first-order chi connectivity index (χ1) is 9.39. The minimum absolute atomic E-state index is 0.235. The zero-order valence-electron chi connectivity index (χ0n) is 13.1. The van der Waals surface area contributed by atoms with Crippen molar-refractivity contribution < 1.29 is 9.90 Å². The van der Waals surface area contributed by atoms with E-state index in [9.17, 15) is 9.90 Å². The Bertz CT molecular complexity index is 340. The number of carbonyl (C=O) groups is 1. The smallest absolute Gasteiger partial charge is 0.304 e. The van der Waals surface area contributed by atoms with Crippen molar-refractivity contribution in [3.8, 4) is 0 Å². The molecule has 0 amide bonds. The highest BCUT2D eigenvalue weighted by Gasteiger charge is 2.40. The number of rotatable bonds is 3. The van der Waals surface area contributed by atoms with Crippen molar-refractivity contribution >= 4 is 17.7 Å².